The minimum atomic E-state index is -2.22. The molecule has 0 amide bonds. The molecule has 1 aliphatic rings. The largest absolute Gasteiger partial charge is 0.478 e. The number of ketones is 1. The summed E-state index contributed by atoms with van der Waals surface area (Å²) in [5.41, 5.74) is -2.17. The quantitative estimate of drug-likeness (QED) is 0.362. The van der Waals surface area contributed by atoms with Crippen molar-refractivity contribution < 1.29 is 39.9 Å². The van der Waals surface area contributed by atoms with Crippen LogP contribution < -0.4 is 0 Å². The molecule has 0 spiro atoms. The van der Waals surface area contributed by atoms with Crippen molar-refractivity contribution in [3.05, 3.63) is 11.9 Å². The van der Waals surface area contributed by atoms with Gasteiger partial charge < -0.3 is 35.1 Å². The third-order valence-electron chi connectivity index (χ3n) is 5.14. The summed E-state index contributed by atoms with van der Waals surface area (Å²) >= 11 is 0. The Bertz CT molecular complexity index is 746. The molecule has 164 valence electrons. The maximum Gasteiger partial charge on any atom is 0.359 e. The number of hydrogen-bond donors (Lipinski definition) is 5. The molecule has 5 N–H and O–H groups in total. The molecule has 11 heteroatoms. The lowest BCUT2D eigenvalue weighted by Gasteiger charge is -2.46. The highest BCUT2D eigenvalue weighted by atomic mass is 16.6. The number of ether oxygens (including phenoxy) is 1. The van der Waals surface area contributed by atoms with Gasteiger partial charge in [0.05, 0.1) is 30.7 Å². The molecule has 1 fully saturated rings. The van der Waals surface area contributed by atoms with Gasteiger partial charge in [0.25, 0.3) is 5.72 Å². The van der Waals surface area contributed by atoms with Crippen molar-refractivity contribution in [2.75, 3.05) is 6.61 Å². The van der Waals surface area contributed by atoms with Crippen molar-refractivity contribution in [2.24, 2.45) is 5.92 Å². The SMILES string of the molecule is CC(=O)CC1C(O)CC(C(=O)O)(n2cc(C(C)(C)C)nn2)OC1C(O)C(O)CO. The minimum absolute atomic E-state index is 0.207. The first-order valence-electron chi connectivity index (χ1n) is 9.32. The lowest BCUT2D eigenvalue weighted by Crippen LogP contribution is -2.61. The van der Waals surface area contributed by atoms with Gasteiger partial charge in [-0.05, 0) is 6.92 Å². The average molecular weight is 415 g/mol. The molecule has 6 unspecified atom stereocenters. The fraction of sp³-hybridized carbons (Fsp3) is 0.778. The first kappa shape index (κ1) is 23.4. The number of aliphatic carboxylic acids is 1. The predicted molar refractivity (Wildman–Crippen MR) is 97.7 cm³/mol. The van der Waals surface area contributed by atoms with Gasteiger partial charge in [-0.1, -0.05) is 26.0 Å². The van der Waals surface area contributed by atoms with Gasteiger partial charge >= 0.3 is 5.97 Å². The van der Waals surface area contributed by atoms with Crippen LogP contribution in [-0.4, -0.2) is 83.3 Å². The van der Waals surface area contributed by atoms with Gasteiger partial charge in [0.1, 0.15) is 18.0 Å². The molecular weight excluding hydrogens is 386 g/mol. The van der Waals surface area contributed by atoms with Crippen LogP contribution in [-0.2, 0) is 25.5 Å². The van der Waals surface area contributed by atoms with Crippen LogP contribution in [0.25, 0.3) is 0 Å². The summed E-state index contributed by atoms with van der Waals surface area (Å²) in [6.45, 7) is 6.04. The van der Waals surface area contributed by atoms with Crippen molar-refractivity contribution >= 4 is 11.8 Å². The molecule has 1 aromatic heterocycles. The summed E-state index contributed by atoms with van der Waals surface area (Å²) < 4.78 is 6.71. The number of hydrogen-bond acceptors (Lipinski definition) is 9. The molecule has 0 aliphatic carbocycles. The summed E-state index contributed by atoms with van der Waals surface area (Å²) in [6, 6.07) is 0. The van der Waals surface area contributed by atoms with E-state index >= 15 is 0 Å². The van der Waals surface area contributed by atoms with E-state index in [9.17, 15) is 35.1 Å². The second-order valence-electron chi connectivity index (χ2n) is 8.55. The predicted octanol–water partition coefficient (Wildman–Crippen LogP) is -1.23. The zero-order valence-electron chi connectivity index (χ0n) is 16.9. The van der Waals surface area contributed by atoms with Crippen LogP contribution in [0.4, 0.5) is 0 Å². The normalized spacial score (nSPS) is 30.0. The number of aliphatic hydroxyl groups excluding tert-OH is 4. The van der Waals surface area contributed by atoms with Gasteiger partial charge in [0, 0.05) is 24.2 Å². The van der Waals surface area contributed by atoms with Gasteiger partial charge in [0.2, 0.25) is 0 Å². The van der Waals surface area contributed by atoms with Gasteiger partial charge in [-0.3, -0.25) is 0 Å². The Kier molecular flexibility index (Phi) is 6.80. The number of aromatic nitrogens is 3. The Morgan fingerprint density at radius 3 is 2.45 bits per heavy atom. The van der Waals surface area contributed by atoms with Gasteiger partial charge in [-0.15, -0.1) is 5.10 Å². The molecule has 0 saturated carbocycles. The standard InChI is InChI=1S/C18H29N3O8/c1-9(23)5-10-11(24)6-18(16(27)28,29-15(10)14(26)12(25)8-22)21-7-13(19-20-21)17(2,3)4/h7,10-12,14-15,22,24-26H,5-6,8H2,1-4H3,(H,27,28). The fourth-order valence-corrected chi connectivity index (χ4v) is 3.42. The smallest absolute Gasteiger partial charge is 0.359 e. The number of carbonyl (C=O) groups is 2. The number of carboxylic acid groups (broad SMARTS) is 1. The molecule has 11 nitrogen and oxygen atoms in total. The summed E-state index contributed by atoms with van der Waals surface area (Å²) in [5, 5.41) is 58.0. The minimum Gasteiger partial charge on any atom is -0.478 e. The average Bonchev–Trinajstić information content (AvgIpc) is 3.12. The van der Waals surface area contributed by atoms with E-state index in [-0.39, 0.29) is 12.2 Å². The summed E-state index contributed by atoms with van der Waals surface area (Å²) in [5.74, 6) is -2.78. The van der Waals surface area contributed by atoms with Crippen LogP contribution in [0.15, 0.2) is 6.20 Å². The van der Waals surface area contributed by atoms with E-state index in [0.29, 0.717) is 5.69 Å². The third-order valence-corrected chi connectivity index (χ3v) is 5.14. The Morgan fingerprint density at radius 1 is 1.38 bits per heavy atom. The van der Waals surface area contributed by atoms with Crippen molar-refractivity contribution in [3.63, 3.8) is 0 Å². The number of Topliss-reactive ketones (excluding diaryl/α,β-unsaturated/α-hetero) is 1. The van der Waals surface area contributed by atoms with E-state index in [2.05, 4.69) is 10.3 Å². The Morgan fingerprint density at radius 2 is 2.00 bits per heavy atom. The van der Waals surface area contributed by atoms with Gasteiger partial charge in [-0.2, -0.15) is 0 Å². The van der Waals surface area contributed by atoms with Crippen LogP contribution in [0.1, 0.15) is 46.2 Å². The van der Waals surface area contributed by atoms with Crippen LogP contribution in [0, 0.1) is 5.92 Å². The molecule has 29 heavy (non-hydrogen) atoms. The second-order valence-corrected chi connectivity index (χ2v) is 8.55. The highest BCUT2D eigenvalue weighted by Crippen LogP contribution is 2.40. The zero-order valence-corrected chi connectivity index (χ0v) is 16.9. The van der Waals surface area contributed by atoms with E-state index in [1.807, 2.05) is 20.8 Å². The zero-order chi connectivity index (χ0) is 22.1. The highest BCUT2D eigenvalue weighted by molar-refractivity contribution is 5.77. The molecular formula is C18H29N3O8. The van der Waals surface area contributed by atoms with Crippen LogP contribution >= 0.6 is 0 Å². The molecule has 6 atom stereocenters. The number of aliphatic hydroxyl groups is 4. The van der Waals surface area contributed by atoms with Crippen LogP contribution in [0.2, 0.25) is 0 Å². The molecule has 0 radical (unpaired) electrons. The maximum absolute atomic E-state index is 12.2. The molecule has 1 aromatic rings. The number of carbonyl (C=O) groups excluding carboxylic acids is 1. The fourth-order valence-electron chi connectivity index (χ4n) is 3.42. The number of carboxylic acids is 1. The number of nitrogens with zero attached hydrogens (tertiary/aromatic N) is 3. The van der Waals surface area contributed by atoms with Crippen molar-refractivity contribution in [3.8, 4) is 0 Å². The molecule has 0 aromatic carbocycles. The summed E-state index contributed by atoms with van der Waals surface area (Å²) in [7, 11) is 0. The summed E-state index contributed by atoms with van der Waals surface area (Å²) in [4.78, 5) is 23.9. The molecule has 1 aliphatic heterocycles. The van der Waals surface area contributed by atoms with Gasteiger partial charge in [-0.25, -0.2) is 9.48 Å². The maximum atomic E-state index is 12.2. The topological polar surface area (TPSA) is 175 Å². The van der Waals surface area contributed by atoms with Gasteiger partial charge in [0.15, 0.2) is 0 Å². The van der Waals surface area contributed by atoms with Crippen molar-refractivity contribution in [1.29, 1.82) is 0 Å². The van der Waals surface area contributed by atoms with E-state index < -0.39 is 60.5 Å². The van der Waals surface area contributed by atoms with E-state index in [1.54, 1.807) is 0 Å². The van der Waals surface area contributed by atoms with E-state index in [0.717, 1.165) is 4.68 Å². The monoisotopic (exact) mass is 415 g/mol. The third kappa shape index (κ3) is 4.64. The molecule has 2 rings (SSSR count). The van der Waals surface area contributed by atoms with Crippen LogP contribution in [0.5, 0.6) is 0 Å². The Balaban J connectivity index is 2.52. The first-order valence-corrected chi connectivity index (χ1v) is 9.32. The number of rotatable bonds is 7. The van der Waals surface area contributed by atoms with Crippen LogP contribution in [0.3, 0.4) is 0 Å². The molecule has 0 bridgehead atoms. The highest BCUT2D eigenvalue weighted by Gasteiger charge is 2.56. The molecule has 2 heterocycles. The summed E-state index contributed by atoms with van der Waals surface area (Å²) in [6.07, 6.45) is -5.50. The van der Waals surface area contributed by atoms with Crippen molar-refractivity contribution in [2.45, 2.75) is 76.1 Å². The lowest BCUT2D eigenvalue weighted by atomic mass is 9.80. The van der Waals surface area contributed by atoms with E-state index in [4.69, 9.17) is 4.74 Å². The van der Waals surface area contributed by atoms with E-state index in [1.165, 1.54) is 13.1 Å². The Labute approximate surface area is 167 Å². The Hall–Kier alpha value is -1.92. The first-order chi connectivity index (χ1) is 13.3. The van der Waals surface area contributed by atoms with Crippen molar-refractivity contribution in [1.82, 2.24) is 15.0 Å². The second kappa shape index (κ2) is 8.44. The molecule has 1 saturated heterocycles. The lowest BCUT2D eigenvalue weighted by molar-refractivity contribution is -0.269.